The van der Waals surface area contributed by atoms with Crippen molar-refractivity contribution in [3.05, 3.63) is 58.7 Å². The Kier molecular flexibility index (Phi) is 5.56. The maximum atomic E-state index is 12.5. The smallest absolute Gasteiger partial charge is 0.224 e. The standard InChI is InChI=1S/C19H21ClN2O3/c1-25-18-7-4-13(11-21-18)19(14-9-16(23)10-14)22-17(24)8-12-2-5-15(20)6-3-12/h2-7,11,14,16,19,23H,8-10H2,1H3,(H,22,24). The van der Waals surface area contributed by atoms with Crippen LogP contribution in [0.4, 0.5) is 0 Å². The Hall–Kier alpha value is -2.11. The Labute approximate surface area is 152 Å². The summed E-state index contributed by atoms with van der Waals surface area (Å²) < 4.78 is 5.09. The lowest BCUT2D eigenvalue weighted by molar-refractivity contribution is -0.122. The first-order valence-corrected chi connectivity index (χ1v) is 8.64. The van der Waals surface area contributed by atoms with Crippen LogP contribution in [-0.4, -0.2) is 29.2 Å². The number of benzene rings is 1. The van der Waals surface area contributed by atoms with Gasteiger partial charge in [-0.25, -0.2) is 4.98 Å². The molecule has 5 nitrogen and oxygen atoms in total. The second-order valence-electron chi connectivity index (χ2n) is 6.37. The number of ether oxygens (including phenoxy) is 1. The van der Waals surface area contributed by atoms with E-state index in [-0.39, 0.29) is 30.4 Å². The van der Waals surface area contributed by atoms with Gasteiger partial charge >= 0.3 is 0 Å². The first-order valence-electron chi connectivity index (χ1n) is 8.27. The molecule has 1 aliphatic rings. The van der Waals surface area contributed by atoms with Crippen molar-refractivity contribution in [3.63, 3.8) is 0 Å². The van der Waals surface area contributed by atoms with Crippen LogP contribution in [0.25, 0.3) is 0 Å². The molecule has 1 aromatic carbocycles. The van der Waals surface area contributed by atoms with Gasteiger partial charge in [0.15, 0.2) is 0 Å². The fourth-order valence-electron chi connectivity index (χ4n) is 3.08. The molecule has 132 valence electrons. The highest BCUT2D eigenvalue weighted by molar-refractivity contribution is 6.30. The molecule has 0 aliphatic heterocycles. The highest BCUT2D eigenvalue weighted by Crippen LogP contribution is 2.38. The van der Waals surface area contributed by atoms with Crippen LogP contribution in [0.5, 0.6) is 5.88 Å². The van der Waals surface area contributed by atoms with E-state index in [1.807, 2.05) is 18.2 Å². The molecule has 3 rings (SSSR count). The third-order valence-corrected chi connectivity index (χ3v) is 4.79. The van der Waals surface area contributed by atoms with Crippen molar-refractivity contribution < 1.29 is 14.6 Å². The van der Waals surface area contributed by atoms with E-state index in [1.165, 1.54) is 0 Å². The summed E-state index contributed by atoms with van der Waals surface area (Å²) in [5.41, 5.74) is 1.82. The van der Waals surface area contributed by atoms with Crippen molar-refractivity contribution in [1.29, 1.82) is 0 Å². The lowest BCUT2D eigenvalue weighted by Gasteiger charge is -2.38. The van der Waals surface area contributed by atoms with Crippen molar-refractivity contribution in [2.24, 2.45) is 5.92 Å². The number of aromatic nitrogens is 1. The average Bonchev–Trinajstić information content (AvgIpc) is 2.59. The predicted octanol–water partition coefficient (Wildman–Crippen LogP) is 2.91. The molecule has 0 radical (unpaired) electrons. The van der Waals surface area contributed by atoms with Gasteiger partial charge in [0.1, 0.15) is 0 Å². The molecule has 25 heavy (non-hydrogen) atoms. The summed E-state index contributed by atoms with van der Waals surface area (Å²) in [6.07, 6.45) is 3.07. The Morgan fingerprint density at radius 1 is 1.32 bits per heavy atom. The summed E-state index contributed by atoms with van der Waals surface area (Å²) in [5.74, 6) is 0.674. The summed E-state index contributed by atoms with van der Waals surface area (Å²) in [7, 11) is 1.57. The van der Waals surface area contributed by atoms with E-state index in [4.69, 9.17) is 16.3 Å². The van der Waals surface area contributed by atoms with Crippen molar-refractivity contribution in [1.82, 2.24) is 10.3 Å². The van der Waals surface area contributed by atoms with E-state index >= 15 is 0 Å². The Morgan fingerprint density at radius 2 is 2.04 bits per heavy atom. The largest absolute Gasteiger partial charge is 0.481 e. The van der Waals surface area contributed by atoms with Gasteiger partial charge in [0.2, 0.25) is 11.8 Å². The van der Waals surface area contributed by atoms with Crippen LogP contribution < -0.4 is 10.1 Å². The van der Waals surface area contributed by atoms with Crippen LogP contribution in [0.2, 0.25) is 5.02 Å². The van der Waals surface area contributed by atoms with E-state index in [0.717, 1.165) is 11.1 Å². The van der Waals surface area contributed by atoms with Gasteiger partial charge in [0, 0.05) is 17.3 Å². The molecule has 1 aromatic heterocycles. The molecule has 1 saturated carbocycles. The summed E-state index contributed by atoms with van der Waals surface area (Å²) in [6.45, 7) is 0. The number of halogens is 1. The number of carbonyl (C=O) groups is 1. The zero-order valence-electron chi connectivity index (χ0n) is 14.0. The summed E-state index contributed by atoms with van der Waals surface area (Å²) in [5, 5.41) is 13.4. The molecule has 0 spiro atoms. The minimum absolute atomic E-state index is 0.0652. The molecule has 1 heterocycles. The topological polar surface area (TPSA) is 71.5 Å². The maximum Gasteiger partial charge on any atom is 0.224 e. The SMILES string of the molecule is COc1ccc(C(NC(=O)Cc2ccc(Cl)cc2)C2CC(O)C2)cn1. The molecular formula is C19H21ClN2O3. The Balaban J connectivity index is 1.70. The average molecular weight is 361 g/mol. The zero-order chi connectivity index (χ0) is 17.8. The van der Waals surface area contributed by atoms with E-state index in [0.29, 0.717) is 23.7 Å². The number of carbonyl (C=O) groups excluding carboxylic acids is 1. The monoisotopic (exact) mass is 360 g/mol. The fraction of sp³-hybridized carbons (Fsp3) is 0.368. The Morgan fingerprint density at radius 3 is 2.60 bits per heavy atom. The van der Waals surface area contributed by atoms with Crippen LogP contribution in [0, 0.1) is 5.92 Å². The van der Waals surface area contributed by atoms with Crippen LogP contribution in [0.15, 0.2) is 42.6 Å². The highest BCUT2D eigenvalue weighted by Gasteiger charge is 2.35. The number of hydrogen-bond acceptors (Lipinski definition) is 4. The van der Waals surface area contributed by atoms with Gasteiger partial charge in [-0.3, -0.25) is 4.79 Å². The van der Waals surface area contributed by atoms with Gasteiger partial charge < -0.3 is 15.2 Å². The molecule has 1 fully saturated rings. The third-order valence-electron chi connectivity index (χ3n) is 4.54. The normalized spacial score (nSPS) is 20.4. The fourth-order valence-corrected chi connectivity index (χ4v) is 3.21. The highest BCUT2D eigenvalue weighted by atomic mass is 35.5. The number of amides is 1. The van der Waals surface area contributed by atoms with E-state index in [1.54, 1.807) is 31.5 Å². The van der Waals surface area contributed by atoms with Gasteiger partial charge in [-0.1, -0.05) is 29.8 Å². The van der Waals surface area contributed by atoms with Crippen molar-refractivity contribution in [2.75, 3.05) is 7.11 Å². The molecular weight excluding hydrogens is 340 g/mol. The molecule has 1 atom stereocenters. The summed E-state index contributed by atoms with van der Waals surface area (Å²) in [4.78, 5) is 16.7. The van der Waals surface area contributed by atoms with Crippen LogP contribution in [0.1, 0.15) is 30.0 Å². The minimum atomic E-state index is -0.285. The molecule has 2 N–H and O–H groups in total. The second kappa shape index (κ2) is 7.85. The van der Waals surface area contributed by atoms with E-state index < -0.39 is 0 Å². The van der Waals surface area contributed by atoms with Crippen LogP contribution >= 0.6 is 11.6 Å². The van der Waals surface area contributed by atoms with Crippen molar-refractivity contribution in [2.45, 2.75) is 31.4 Å². The number of aliphatic hydroxyl groups is 1. The number of aliphatic hydroxyl groups excluding tert-OH is 1. The predicted molar refractivity (Wildman–Crippen MR) is 95.6 cm³/mol. The second-order valence-corrected chi connectivity index (χ2v) is 6.80. The van der Waals surface area contributed by atoms with Gasteiger partial charge in [0.25, 0.3) is 0 Å². The number of nitrogens with one attached hydrogen (secondary N) is 1. The number of methoxy groups -OCH3 is 1. The van der Waals surface area contributed by atoms with Crippen LogP contribution in [-0.2, 0) is 11.2 Å². The van der Waals surface area contributed by atoms with Crippen molar-refractivity contribution in [3.8, 4) is 5.88 Å². The van der Waals surface area contributed by atoms with Gasteiger partial charge in [-0.05, 0) is 42.0 Å². The number of nitrogens with zero attached hydrogens (tertiary/aromatic N) is 1. The van der Waals surface area contributed by atoms with Gasteiger partial charge in [0.05, 0.1) is 25.7 Å². The maximum absolute atomic E-state index is 12.5. The van der Waals surface area contributed by atoms with E-state index in [9.17, 15) is 9.90 Å². The molecule has 1 aliphatic carbocycles. The molecule has 0 saturated heterocycles. The van der Waals surface area contributed by atoms with Crippen LogP contribution in [0.3, 0.4) is 0 Å². The van der Waals surface area contributed by atoms with E-state index in [2.05, 4.69) is 10.3 Å². The molecule has 2 aromatic rings. The zero-order valence-corrected chi connectivity index (χ0v) is 14.7. The lowest BCUT2D eigenvalue weighted by atomic mass is 9.75. The number of rotatable bonds is 6. The minimum Gasteiger partial charge on any atom is -0.481 e. The Bertz CT molecular complexity index is 712. The third kappa shape index (κ3) is 4.50. The quantitative estimate of drug-likeness (QED) is 0.830. The summed E-state index contributed by atoms with van der Waals surface area (Å²) >= 11 is 5.88. The molecule has 1 amide bonds. The summed E-state index contributed by atoms with van der Waals surface area (Å²) in [6, 6.07) is 10.8. The van der Waals surface area contributed by atoms with Gasteiger partial charge in [-0.15, -0.1) is 0 Å². The number of pyridine rings is 1. The molecule has 1 unspecified atom stereocenters. The first kappa shape index (κ1) is 17.7. The lowest BCUT2D eigenvalue weighted by Crippen LogP contribution is -2.41. The van der Waals surface area contributed by atoms with Gasteiger partial charge in [-0.2, -0.15) is 0 Å². The van der Waals surface area contributed by atoms with Crippen molar-refractivity contribution >= 4 is 17.5 Å². The number of hydrogen-bond donors (Lipinski definition) is 2. The first-order chi connectivity index (χ1) is 12.0. The molecule has 0 bridgehead atoms. The molecule has 6 heteroatoms.